The maximum atomic E-state index is 5.54. The lowest BCUT2D eigenvalue weighted by Gasteiger charge is -2.17. The van der Waals surface area contributed by atoms with Gasteiger partial charge in [-0.3, -0.25) is 0 Å². The summed E-state index contributed by atoms with van der Waals surface area (Å²) in [6.45, 7) is 0.626. The summed E-state index contributed by atoms with van der Waals surface area (Å²) >= 11 is 3.46. The van der Waals surface area contributed by atoms with Gasteiger partial charge in [0, 0.05) is 11.6 Å². The van der Waals surface area contributed by atoms with Crippen LogP contribution < -0.4 is 19.9 Å². The van der Waals surface area contributed by atoms with Crippen molar-refractivity contribution < 1.29 is 14.2 Å². The Morgan fingerprint density at radius 2 is 1.76 bits per heavy atom. The molecule has 0 radical (unpaired) electrons. The molecule has 0 atom stereocenters. The molecule has 4 nitrogen and oxygen atoms in total. The van der Waals surface area contributed by atoms with Gasteiger partial charge in [-0.25, -0.2) is 0 Å². The van der Waals surface area contributed by atoms with Crippen molar-refractivity contribution in [2.75, 3.05) is 27.9 Å². The Bertz CT molecular complexity index is 383. The molecule has 0 aromatic heterocycles. The molecule has 96 valence electrons. The number of methoxy groups -OCH3 is 3. The molecule has 2 N–H and O–H groups in total. The Hall–Kier alpha value is -0.940. The predicted molar refractivity (Wildman–Crippen MR) is 71.2 cm³/mol. The van der Waals surface area contributed by atoms with Gasteiger partial charge in [-0.1, -0.05) is 0 Å². The molecule has 1 aromatic carbocycles. The first-order valence-electron chi connectivity index (χ1n) is 5.37. The van der Waals surface area contributed by atoms with E-state index in [1.54, 1.807) is 21.3 Å². The van der Waals surface area contributed by atoms with Gasteiger partial charge in [-0.15, -0.1) is 0 Å². The maximum Gasteiger partial charge on any atom is 0.167 e. The fraction of sp³-hybridized carbons (Fsp3) is 0.500. The lowest BCUT2D eigenvalue weighted by Crippen LogP contribution is -2.05. The van der Waals surface area contributed by atoms with Crippen molar-refractivity contribution in [2.24, 2.45) is 5.73 Å². The van der Waals surface area contributed by atoms with E-state index in [9.17, 15) is 0 Å². The summed E-state index contributed by atoms with van der Waals surface area (Å²) < 4.78 is 16.9. The van der Waals surface area contributed by atoms with Crippen molar-refractivity contribution in [3.63, 3.8) is 0 Å². The second kappa shape index (κ2) is 6.71. The highest BCUT2D eigenvalue weighted by Crippen LogP contribution is 2.43. The molecule has 0 aliphatic rings. The van der Waals surface area contributed by atoms with Crippen molar-refractivity contribution >= 4 is 15.9 Å². The van der Waals surface area contributed by atoms with E-state index in [0.717, 1.165) is 28.6 Å². The molecular formula is C12H18BrNO3. The van der Waals surface area contributed by atoms with Gasteiger partial charge in [0.15, 0.2) is 11.5 Å². The van der Waals surface area contributed by atoms with Gasteiger partial charge in [0.25, 0.3) is 0 Å². The highest BCUT2D eigenvalue weighted by Gasteiger charge is 2.18. The monoisotopic (exact) mass is 303 g/mol. The standard InChI is InChI=1S/C12H18BrNO3/c1-15-10-7-9(13)11(16-2)8(5-4-6-14)12(10)17-3/h7H,4-6,14H2,1-3H3. The third-order valence-corrected chi connectivity index (χ3v) is 3.09. The van der Waals surface area contributed by atoms with E-state index in [1.165, 1.54) is 0 Å². The molecule has 0 aliphatic heterocycles. The van der Waals surface area contributed by atoms with Crippen molar-refractivity contribution in [3.8, 4) is 17.2 Å². The average Bonchev–Trinajstić information content (AvgIpc) is 2.35. The number of halogens is 1. The summed E-state index contributed by atoms with van der Waals surface area (Å²) in [4.78, 5) is 0. The third kappa shape index (κ3) is 3.04. The van der Waals surface area contributed by atoms with E-state index in [4.69, 9.17) is 19.9 Å². The fourth-order valence-electron chi connectivity index (χ4n) is 1.74. The minimum absolute atomic E-state index is 0.626. The summed E-state index contributed by atoms with van der Waals surface area (Å²) in [5.74, 6) is 2.17. The van der Waals surface area contributed by atoms with Crippen molar-refractivity contribution in [2.45, 2.75) is 12.8 Å². The molecule has 0 aliphatic carbocycles. The number of ether oxygens (including phenoxy) is 3. The van der Waals surface area contributed by atoms with Crippen LogP contribution in [0.25, 0.3) is 0 Å². The van der Waals surface area contributed by atoms with Crippen LogP contribution in [0.15, 0.2) is 10.5 Å². The van der Waals surface area contributed by atoms with Crippen molar-refractivity contribution in [3.05, 3.63) is 16.1 Å². The van der Waals surface area contributed by atoms with E-state index in [1.807, 2.05) is 6.07 Å². The number of rotatable bonds is 6. The zero-order valence-electron chi connectivity index (χ0n) is 10.4. The van der Waals surface area contributed by atoms with Crippen LogP contribution in [-0.2, 0) is 6.42 Å². The summed E-state index contributed by atoms with van der Waals surface area (Å²) in [7, 11) is 4.87. The van der Waals surface area contributed by atoms with Gasteiger partial charge >= 0.3 is 0 Å². The molecule has 0 fully saturated rings. The topological polar surface area (TPSA) is 53.7 Å². The van der Waals surface area contributed by atoms with Gasteiger partial charge in [0.05, 0.1) is 25.8 Å². The van der Waals surface area contributed by atoms with Gasteiger partial charge in [0.2, 0.25) is 0 Å². The predicted octanol–water partition coefficient (Wildman–Crippen LogP) is 2.37. The second-order valence-corrected chi connectivity index (χ2v) is 4.35. The summed E-state index contributed by atoms with van der Waals surface area (Å²) in [5, 5.41) is 0. The van der Waals surface area contributed by atoms with Crippen LogP contribution in [0, 0.1) is 0 Å². The van der Waals surface area contributed by atoms with E-state index >= 15 is 0 Å². The van der Waals surface area contributed by atoms with Gasteiger partial charge < -0.3 is 19.9 Å². The van der Waals surface area contributed by atoms with Gasteiger partial charge in [-0.05, 0) is 35.3 Å². The normalized spacial score (nSPS) is 10.2. The fourth-order valence-corrected chi connectivity index (χ4v) is 2.35. The first-order valence-corrected chi connectivity index (χ1v) is 6.16. The molecule has 0 amide bonds. The average molecular weight is 304 g/mol. The van der Waals surface area contributed by atoms with Gasteiger partial charge in [-0.2, -0.15) is 0 Å². The molecule has 0 saturated heterocycles. The van der Waals surface area contributed by atoms with E-state index in [0.29, 0.717) is 18.0 Å². The minimum atomic E-state index is 0.626. The molecule has 5 heteroatoms. The van der Waals surface area contributed by atoms with E-state index in [2.05, 4.69) is 15.9 Å². The highest BCUT2D eigenvalue weighted by atomic mass is 79.9. The quantitative estimate of drug-likeness (QED) is 0.876. The minimum Gasteiger partial charge on any atom is -0.495 e. The zero-order valence-corrected chi connectivity index (χ0v) is 12.0. The number of hydrogen-bond acceptors (Lipinski definition) is 4. The third-order valence-electron chi connectivity index (χ3n) is 2.51. The van der Waals surface area contributed by atoms with Crippen LogP contribution in [0.3, 0.4) is 0 Å². The number of nitrogens with two attached hydrogens (primary N) is 1. The largest absolute Gasteiger partial charge is 0.495 e. The number of benzene rings is 1. The van der Waals surface area contributed by atoms with Crippen LogP contribution in [-0.4, -0.2) is 27.9 Å². The molecule has 0 bridgehead atoms. The molecule has 1 aromatic rings. The molecule has 0 saturated carbocycles. The molecular weight excluding hydrogens is 286 g/mol. The smallest absolute Gasteiger partial charge is 0.167 e. The first-order chi connectivity index (χ1) is 8.19. The summed E-state index contributed by atoms with van der Waals surface area (Å²) in [5.41, 5.74) is 6.52. The Kier molecular flexibility index (Phi) is 5.58. The lowest BCUT2D eigenvalue weighted by molar-refractivity contribution is 0.342. The van der Waals surface area contributed by atoms with Crippen LogP contribution in [0.1, 0.15) is 12.0 Å². The maximum absolute atomic E-state index is 5.54. The SMILES string of the molecule is COc1cc(Br)c(OC)c(CCCN)c1OC. The van der Waals surface area contributed by atoms with Crippen LogP contribution in [0.2, 0.25) is 0 Å². The second-order valence-electron chi connectivity index (χ2n) is 3.50. The Labute approximate surface area is 110 Å². The molecule has 0 unspecified atom stereocenters. The number of hydrogen-bond donors (Lipinski definition) is 1. The summed E-state index contributed by atoms with van der Waals surface area (Å²) in [6.07, 6.45) is 1.66. The van der Waals surface area contributed by atoms with Gasteiger partial charge in [0.1, 0.15) is 5.75 Å². The lowest BCUT2D eigenvalue weighted by atomic mass is 10.1. The highest BCUT2D eigenvalue weighted by molar-refractivity contribution is 9.10. The molecule has 1 rings (SSSR count). The zero-order chi connectivity index (χ0) is 12.8. The first kappa shape index (κ1) is 14.1. The van der Waals surface area contributed by atoms with Crippen molar-refractivity contribution in [1.29, 1.82) is 0 Å². The summed E-state index contributed by atoms with van der Waals surface area (Å²) in [6, 6.07) is 1.84. The Balaban J connectivity index is 3.30. The van der Waals surface area contributed by atoms with Crippen LogP contribution >= 0.6 is 15.9 Å². The Morgan fingerprint density at radius 3 is 2.24 bits per heavy atom. The van der Waals surface area contributed by atoms with Crippen molar-refractivity contribution in [1.82, 2.24) is 0 Å². The Morgan fingerprint density at radius 1 is 1.12 bits per heavy atom. The van der Waals surface area contributed by atoms with Crippen LogP contribution in [0.5, 0.6) is 17.2 Å². The molecule has 17 heavy (non-hydrogen) atoms. The van der Waals surface area contributed by atoms with E-state index in [-0.39, 0.29) is 0 Å². The van der Waals surface area contributed by atoms with Crippen LogP contribution in [0.4, 0.5) is 0 Å². The molecule has 0 heterocycles. The van der Waals surface area contributed by atoms with E-state index < -0.39 is 0 Å². The molecule has 0 spiro atoms.